The predicted molar refractivity (Wildman–Crippen MR) is 58.4 cm³/mol. The second-order valence-corrected chi connectivity index (χ2v) is 3.76. The van der Waals surface area contributed by atoms with Gasteiger partial charge in [0, 0.05) is 19.4 Å². The number of nitrogens with zero attached hydrogens (tertiary/aromatic N) is 3. The van der Waals surface area contributed by atoms with Crippen LogP contribution in [0.15, 0.2) is 24.5 Å². The first-order valence-electron chi connectivity index (χ1n) is 4.95. The van der Waals surface area contributed by atoms with Crippen molar-refractivity contribution in [1.29, 1.82) is 0 Å². The molecule has 0 unspecified atom stereocenters. The summed E-state index contributed by atoms with van der Waals surface area (Å²) in [5, 5.41) is 13.3. The summed E-state index contributed by atoms with van der Waals surface area (Å²) in [7, 11) is 1.84. The Balaban J connectivity index is 2.31. The molecule has 0 saturated heterocycles. The molecule has 5 heteroatoms. The molecule has 84 valence electrons. The van der Waals surface area contributed by atoms with Crippen LogP contribution in [0.1, 0.15) is 21.7 Å². The largest absolute Gasteiger partial charge is 0.477 e. The SMILES string of the molecule is Cc1ccn(Cc2ccn(C)n2)c1C(=O)O. The van der Waals surface area contributed by atoms with Gasteiger partial charge < -0.3 is 9.67 Å². The minimum absolute atomic E-state index is 0.325. The lowest BCUT2D eigenvalue weighted by molar-refractivity contribution is 0.0685. The van der Waals surface area contributed by atoms with E-state index in [-0.39, 0.29) is 0 Å². The molecule has 0 aliphatic carbocycles. The van der Waals surface area contributed by atoms with Crippen LogP contribution in [0.5, 0.6) is 0 Å². The van der Waals surface area contributed by atoms with E-state index in [0.717, 1.165) is 11.3 Å². The second-order valence-electron chi connectivity index (χ2n) is 3.76. The Hall–Kier alpha value is -2.04. The van der Waals surface area contributed by atoms with Gasteiger partial charge in [-0.15, -0.1) is 0 Å². The maximum atomic E-state index is 11.1. The van der Waals surface area contributed by atoms with Crippen molar-refractivity contribution in [2.45, 2.75) is 13.5 Å². The molecule has 0 amide bonds. The standard InChI is InChI=1S/C11H13N3O2/c1-8-3-6-14(10(8)11(15)16)7-9-4-5-13(2)12-9/h3-6H,7H2,1-2H3,(H,15,16). The predicted octanol–water partition coefficient (Wildman–Crippen LogP) is 1.28. The van der Waals surface area contributed by atoms with Crippen molar-refractivity contribution in [2.24, 2.45) is 7.05 Å². The first-order valence-corrected chi connectivity index (χ1v) is 4.95. The highest BCUT2D eigenvalue weighted by Crippen LogP contribution is 2.11. The summed E-state index contributed by atoms with van der Waals surface area (Å²) in [6.45, 7) is 2.27. The number of aromatic carboxylic acids is 1. The summed E-state index contributed by atoms with van der Waals surface area (Å²) in [5.41, 5.74) is 1.94. The Labute approximate surface area is 92.9 Å². The third-order valence-electron chi connectivity index (χ3n) is 2.47. The highest BCUT2D eigenvalue weighted by Gasteiger charge is 2.13. The molecule has 2 aromatic heterocycles. The van der Waals surface area contributed by atoms with E-state index in [0.29, 0.717) is 12.2 Å². The summed E-state index contributed by atoms with van der Waals surface area (Å²) in [4.78, 5) is 11.1. The molecule has 0 atom stereocenters. The van der Waals surface area contributed by atoms with Crippen molar-refractivity contribution in [2.75, 3.05) is 0 Å². The van der Waals surface area contributed by atoms with E-state index in [9.17, 15) is 4.79 Å². The topological polar surface area (TPSA) is 60.0 Å². The smallest absolute Gasteiger partial charge is 0.352 e. The van der Waals surface area contributed by atoms with Crippen molar-refractivity contribution in [1.82, 2.24) is 14.3 Å². The van der Waals surface area contributed by atoms with E-state index in [1.54, 1.807) is 28.4 Å². The first kappa shape index (κ1) is 10.5. The van der Waals surface area contributed by atoms with Gasteiger partial charge in [-0.1, -0.05) is 0 Å². The van der Waals surface area contributed by atoms with Crippen molar-refractivity contribution in [3.8, 4) is 0 Å². The summed E-state index contributed by atoms with van der Waals surface area (Å²) in [6, 6.07) is 3.67. The summed E-state index contributed by atoms with van der Waals surface area (Å²) in [6.07, 6.45) is 3.61. The van der Waals surface area contributed by atoms with Gasteiger partial charge in [-0.2, -0.15) is 5.10 Å². The first-order chi connectivity index (χ1) is 7.58. The Morgan fingerprint density at radius 3 is 2.75 bits per heavy atom. The lowest BCUT2D eigenvalue weighted by Crippen LogP contribution is -2.10. The third kappa shape index (κ3) is 1.84. The van der Waals surface area contributed by atoms with E-state index >= 15 is 0 Å². The van der Waals surface area contributed by atoms with Crippen LogP contribution in [0.4, 0.5) is 0 Å². The van der Waals surface area contributed by atoms with Gasteiger partial charge in [0.05, 0.1) is 12.2 Å². The molecule has 0 aromatic carbocycles. The molecule has 0 aliphatic heterocycles. The zero-order chi connectivity index (χ0) is 11.7. The zero-order valence-corrected chi connectivity index (χ0v) is 9.21. The third-order valence-corrected chi connectivity index (χ3v) is 2.47. The molecule has 0 aliphatic rings. The van der Waals surface area contributed by atoms with Gasteiger partial charge in [0.15, 0.2) is 0 Å². The summed E-state index contributed by atoms with van der Waals surface area (Å²) < 4.78 is 3.39. The van der Waals surface area contributed by atoms with Crippen molar-refractivity contribution < 1.29 is 9.90 Å². The molecule has 2 rings (SSSR count). The van der Waals surface area contributed by atoms with E-state index in [1.165, 1.54) is 0 Å². The fraction of sp³-hybridized carbons (Fsp3) is 0.273. The van der Waals surface area contributed by atoms with E-state index < -0.39 is 5.97 Å². The molecule has 1 N–H and O–H groups in total. The Morgan fingerprint density at radius 2 is 2.19 bits per heavy atom. The Morgan fingerprint density at radius 1 is 1.44 bits per heavy atom. The summed E-state index contributed by atoms with van der Waals surface area (Å²) >= 11 is 0. The number of carbonyl (C=O) groups is 1. The van der Waals surface area contributed by atoms with Crippen LogP contribution in [0.2, 0.25) is 0 Å². The normalized spacial score (nSPS) is 10.6. The number of hydrogen-bond donors (Lipinski definition) is 1. The van der Waals surface area contributed by atoms with Gasteiger partial charge in [0.1, 0.15) is 5.69 Å². The van der Waals surface area contributed by atoms with Crippen LogP contribution in [0.25, 0.3) is 0 Å². The van der Waals surface area contributed by atoms with E-state index in [4.69, 9.17) is 5.11 Å². The number of carboxylic acid groups (broad SMARTS) is 1. The van der Waals surface area contributed by atoms with Gasteiger partial charge >= 0.3 is 5.97 Å². The van der Waals surface area contributed by atoms with Gasteiger partial charge in [-0.05, 0) is 24.6 Å². The molecule has 16 heavy (non-hydrogen) atoms. The number of rotatable bonds is 3. The highest BCUT2D eigenvalue weighted by atomic mass is 16.4. The summed E-state index contributed by atoms with van der Waals surface area (Å²) in [5.74, 6) is -0.904. The van der Waals surface area contributed by atoms with Gasteiger partial charge in [-0.25, -0.2) is 4.79 Å². The van der Waals surface area contributed by atoms with Crippen LogP contribution in [-0.2, 0) is 13.6 Å². The van der Waals surface area contributed by atoms with Crippen molar-refractivity contribution in [3.63, 3.8) is 0 Å². The molecule has 2 aromatic rings. The molecule has 2 heterocycles. The number of carboxylic acids is 1. The van der Waals surface area contributed by atoms with Gasteiger partial charge in [0.2, 0.25) is 0 Å². The number of hydrogen-bond acceptors (Lipinski definition) is 2. The van der Waals surface area contributed by atoms with Crippen LogP contribution in [-0.4, -0.2) is 25.4 Å². The molecular weight excluding hydrogens is 206 g/mol. The molecule has 0 radical (unpaired) electrons. The fourth-order valence-electron chi connectivity index (χ4n) is 1.73. The number of aromatic nitrogens is 3. The molecule has 5 nitrogen and oxygen atoms in total. The maximum Gasteiger partial charge on any atom is 0.352 e. The van der Waals surface area contributed by atoms with E-state index in [1.807, 2.05) is 19.3 Å². The Kier molecular flexibility index (Phi) is 2.52. The highest BCUT2D eigenvalue weighted by molar-refractivity contribution is 5.87. The van der Waals surface area contributed by atoms with Crippen molar-refractivity contribution in [3.05, 3.63) is 41.5 Å². The monoisotopic (exact) mass is 219 g/mol. The lowest BCUT2D eigenvalue weighted by atomic mass is 10.3. The van der Waals surface area contributed by atoms with Crippen LogP contribution in [0, 0.1) is 6.92 Å². The van der Waals surface area contributed by atoms with Gasteiger partial charge in [0.25, 0.3) is 0 Å². The molecule has 0 fully saturated rings. The van der Waals surface area contributed by atoms with Gasteiger partial charge in [-0.3, -0.25) is 4.68 Å². The van der Waals surface area contributed by atoms with Crippen LogP contribution >= 0.6 is 0 Å². The average Bonchev–Trinajstić information content (AvgIpc) is 2.74. The average molecular weight is 219 g/mol. The molecular formula is C11H13N3O2. The Bertz CT molecular complexity index is 525. The zero-order valence-electron chi connectivity index (χ0n) is 9.21. The van der Waals surface area contributed by atoms with Crippen LogP contribution in [0.3, 0.4) is 0 Å². The molecule has 0 spiro atoms. The quantitative estimate of drug-likeness (QED) is 0.845. The maximum absolute atomic E-state index is 11.1. The number of aryl methyl sites for hydroxylation is 2. The minimum atomic E-state index is -0.904. The second kappa shape index (κ2) is 3.84. The molecule has 0 bridgehead atoms. The fourth-order valence-corrected chi connectivity index (χ4v) is 1.73. The van der Waals surface area contributed by atoms with Crippen LogP contribution < -0.4 is 0 Å². The lowest BCUT2D eigenvalue weighted by Gasteiger charge is -2.04. The van der Waals surface area contributed by atoms with Crippen molar-refractivity contribution >= 4 is 5.97 Å². The molecule has 0 saturated carbocycles. The minimum Gasteiger partial charge on any atom is -0.477 e. The van der Waals surface area contributed by atoms with E-state index in [2.05, 4.69) is 5.10 Å².